The van der Waals surface area contributed by atoms with Crippen LogP contribution in [-0.2, 0) is 6.54 Å². The molecule has 3 aromatic rings. The van der Waals surface area contributed by atoms with Crippen molar-refractivity contribution in [3.05, 3.63) is 78.4 Å². The number of amides is 1. The topological polar surface area (TPSA) is 54.3 Å². The molecular weight excluding hydrogens is 326 g/mol. The average Bonchev–Trinajstić information content (AvgIpc) is 3.20. The van der Waals surface area contributed by atoms with Crippen LogP contribution >= 0.6 is 0 Å². The molecule has 1 fully saturated rings. The van der Waals surface area contributed by atoms with Gasteiger partial charge in [-0.1, -0.05) is 24.3 Å². The molecule has 1 aliphatic heterocycles. The molecule has 1 aliphatic rings. The van der Waals surface area contributed by atoms with Crippen molar-refractivity contribution in [3.8, 4) is 5.69 Å². The number of piperazine rings is 1. The number of rotatable bonds is 4. The van der Waals surface area contributed by atoms with Crippen molar-refractivity contribution in [2.45, 2.75) is 6.54 Å². The largest absolute Gasteiger partial charge is 0.336 e. The van der Waals surface area contributed by atoms with Crippen molar-refractivity contribution in [2.24, 2.45) is 0 Å². The van der Waals surface area contributed by atoms with E-state index in [9.17, 15) is 4.79 Å². The normalized spacial score (nSPS) is 15.2. The van der Waals surface area contributed by atoms with Crippen LogP contribution in [0.5, 0.6) is 0 Å². The second-order valence-electron chi connectivity index (χ2n) is 6.40. The molecule has 1 amide bonds. The van der Waals surface area contributed by atoms with Gasteiger partial charge in [-0.15, -0.1) is 0 Å². The van der Waals surface area contributed by atoms with Gasteiger partial charge < -0.3 is 4.90 Å². The lowest BCUT2D eigenvalue weighted by Crippen LogP contribution is -2.48. The van der Waals surface area contributed by atoms with Gasteiger partial charge in [0.15, 0.2) is 0 Å². The fourth-order valence-corrected chi connectivity index (χ4v) is 3.17. The number of nitrogens with zero attached hydrogens (tertiary/aromatic N) is 5. The number of pyridine rings is 1. The van der Waals surface area contributed by atoms with Gasteiger partial charge in [-0.2, -0.15) is 5.10 Å². The van der Waals surface area contributed by atoms with E-state index in [0.29, 0.717) is 5.56 Å². The minimum absolute atomic E-state index is 0.0460. The summed E-state index contributed by atoms with van der Waals surface area (Å²) in [5, 5.41) is 4.32. The van der Waals surface area contributed by atoms with Gasteiger partial charge in [0.1, 0.15) is 0 Å². The highest BCUT2D eigenvalue weighted by Crippen LogP contribution is 2.12. The summed E-state index contributed by atoms with van der Waals surface area (Å²) in [5.74, 6) is 0.0460. The van der Waals surface area contributed by atoms with E-state index in [1.54, 1.807) is 17.1 Å². The molecule has 1 saturated heterocycles. The minimum atomic E-state index is 0.0460. The number of carbonyl (C=O) groups excluding carboxylic acids is 1. The van der Waals surface area contributed by atoms with Gasteiger partial charge in [0.25, 0.3) is 5.91 Å². The summed E-state index contributed by atoms with van der Waals surface area (Å²) in [6.45, 7) is 3.99. The zero-order valence-electron chi connectivity index (χ0n) is 14.5. The average molecular weight is 347 g/mol. The van der Waals surface area contributed by atoms with Crippen LogP contribution in [0.1, 0.15) is 16.1 Å². The number of para-hydroxylation sites is 1. The van der Waals surface area contributed by atoms with Crippen molar-refractivity contribution >= 4 is 5.91 Å². The van der Waals surface area contributed by atoms with Gasteiger partial charge in [0.05, 0.1) is 23.1 Å². The Hall–Kier alpha value is -2.99. The molecule has 4 rings (SSSR count). The Morgan fingerprint density at radius 1 is 0.962 bits per heavy atom. The molecule has 0 aliphatic carbocycles. The lowest BCUT2D eigenvalue weighted by molar-refractivity contribution is 0.0627. The first-order valence-corrected chi connectivity index (χ1v) is 8.81. The Morgan fingerprint density at radius 2 is 1.73 bits per heavy atom. The predicted molar refractivity (Wildman–Crippen MR) is 99.0 cm³/mol. The Morgan fingerprint density at radius 3 is 2.46 bits per heavy atom. The molecule has 0 spiro atoms. The molecule has 6 nitrogen and oxygen atoms in total. The first-order valence-electron chi connectivity index (χ1n) is 8.81. The van der Waals surface area contributed by atoms with Gasteiger partial charge in [-0.05, 0) is 24.3 Å². The number of hydrogen-bond donors (Lipinski definition) is 0. The molecule has 0 unspecified atom stereocenters. The van der Waals surface area contributed by atoms with Crippen LogP contribution in [0.4, 0.5) is 0 Å². The Bertz CT molecular complexity index is 854. The molecule has 0 radical (unpaired) electrons. The van der Waals surface area contributed by atoms with Crippen LogP contribution in [0, 0.1) is 0 Å². The first-order chi connectivity index (χ1) is 12.8. The van der Waals surface area contributed by atoms with Crippen LogP contribution < -0.4 is 0 Å². The molecule has 1 aromatic carbocycles. The number of benzene rings is 1. The molecule has 0 atom stereocenters. The number of hydrogen-bond acceptors (Lipinski definition) is 4. The van der Waals surface area contributed by atoms with E-state index >= 15 is 0 Å². The molecule has 0 N–H and O–H groups in total. The minimum Gasteiger partial charge on any atom is -0.336 e. The highest BCUT2D eigenvalue weighted by atomic mass is 16.2. The molecule has 132 valence electrons. The maximum absolute atomic E-state index is 12.8. The highest BCUT2D eigenvalue weighted by Gasteiger charge is 2.23. The van der Waals surface area contributed by atoms with Crippen molar-refractivity contribution in [2.75, 3.05) is 26.2 Å². The Balaban J connectivity index is 1.36. The predicted octanol–water partition coefficient (Wildman–Crippen LogP) is 2.23. The summed E-state index contributed by atoms with van der Waals surface area (Å²) in [6, 6.07) is 15.8. The molecule has 3 heterocycles. The van der Waals surface area contributed by atoms with E-state index in [4.69, 9.17) is 0 Å². The van der Waals surface area contributed by atoms with Crippen LogP contribution in [0.25, 0.3) is 5.69 Å². The highest BCUT2D eigenvalue weighted by molar-refractivity contribution is 5.93. The second-order valence-corrected chi connectivity index (χ2v) is 6.40. The fourth-order valence-electron chi connectivity index (χ4n) is 3.17. The third-order valence-electron chi connectivity index (χ3n) is 4.62. The fraction of sp³-hybridized carbons (Fsp3) is 0.250. The SMILES string of the molecule is O=C(c1cnn(-c2ccccc2)c1)N1CCN(Cc2ccccn2)CC1. The molecule has 0 saturated carbocycles. The van der Waals surface area contributed by atoms with Crippen LogP contribution in [-0.4, -0.2) is 56.7 Å². The van der Waals surface area contributed by atoms with E-state index < -0.39 is 0 Å². The van der Waals surface area contributed by atoms with Crippen LogP contribution in [0.2, 0.25) is 0 Å². The summed E-state index contributed by atoms with van der Waals surface area (Å²) in [7, 11) is 0. The maximum atomic E-state index is 12.8. The second kappa shape index (κ2) is 7.49. The zero-order valence-corrected chi connectivity index (χ0v) is 14.5. The van der Waals surface area contributed by atoms with Gasteiger partial charge in [-0.25, -0.2) is 4.68 Å². The van der Waals surface area contributed by atoms with E-state index in [2.05, 4.69) is 15.0 Å². The molecule has 2 aromatic heterocycles. The van der Waals surface area contributed by atoms with Gasteiger partial charge >= 0.3 is 0 Å². The third kappa shape index (κ3) is 3.65. The van der Waals surface area contributed by atoms with E-state index in [1.807, 2.05) is 59.6 Å². The lowest BCUT2D eigenvalue weighted by Gasteiger charge is -2.34. The van der Waals surface area contributed by atoms with Crippen LogP contribution in [0.3, 0.4) is 0 Å². The molecule has 26 heavy (non-hydrogen) atoms. The van der Waals surface area contributed by atoms with Crippen molar-refractivity contribution in [1.82, 2.24) is 24.6 Å². The standard InChI is InChI=1S/C20H21N5O/c26-20(17-14-22-25(15-17)19-7-2-1-3-8-19)24-12-10-23(11-13-24)16-18-6-4-5-9-21-18/h1-9,14-15H,10-13,16H2. The summed E-state index contributed by atoms with van der Waals surface area (Å²) in [4.78, 5) is 21.4. The molecule has 0 bridgehead atoms. The summed E-state index contributed by atoms with van der Waals surface area (Å²) in [5.41, 5.74) is 2.65. The van der Waals surface area contributed by atoms with Gasteiger partial charge in [0.2, 0.25) is 0 Å². The van der Waals surface area contributed by atoms with Crippen LogP contribution in [0.15, 0.2) is 67.1 Å². The quantitative estimate of drug-likeness (QED) is 0.726. The summed E-state index contributed by atoms with van der Waals surface area (Å²) < 4.78 is 1.74. The summed E-state index contributed by atoms with van der Waals surface area (Å²) in [6.07, 6.45) is 5.27. The first kappa shape index (κ1) is 16.5. The van der Waals surface area contributed by atoms with Gasteiger partial charge in [0, 0.05) is 45.1 Å². The van der Waals surface area contributed by atoms with E-state index in [1.165, 1.54) is 0 Å². The smallest absolute Gasteiger partial charge is 0.257 e. The van der Waals surface area contributed by atoms with Gasteiger partial charge in [-0.3, -0.25) is 14.7 Å². The maximum Gasteiger partial charge on any atom is 0.257 e. The number of aromatic nitrogens is 3. The summed E-state index contributed by atoms with van der Waals surface area (Å²) >= 11 is 0. The Labute approximate surface area is 152 Å². The molecule has 6 heteroatoms. The van der Waals surface area contributed by atoms with E-state index in [0.717, 1.165) is 44.1 Å². The van der Waals surface area contributed by atoms with Crippen molar-refractivity contribution in [3.63, 3.8) is 0 Å². The third-order valence-corrected chi connectivity index (χ3v) is 4.62. The Kier molecular flexibility index (Phi) is 4.75. The van der Waals surface area contributed by atoms with Crippen molar-refractivity contribution in [1.29, 1.82) is 0 Å². The monoisotopic (exact) mass is 347 g/mol. The molecular formula is C20H21N5O. The van der Waals surface area contributed by atoms with E-state index in [-0.39, 0.29) is 5.91 Å². The zero-order chi connectivity index (χ0) is 17.8. The van der Waals surface area contributed by atoms with Crippen molar-refractivity contribution < 1.29 is 4.79 Å². The number of carbonyl (C=O) groups is 1. The lowest BCUT2D eigenvalue weighted by atomic mass is 10.2.